The average Bonchev–Trinajstić information content (AvgIpc) is 2.54. The first-order chi connectivity index (χ1) is 10.6. The Morgan fingerprint density at radius 3 is 2.59 bits per heavy atom. The SMILES string of the molecule is O=C(N[C@@H](CC1CCOCC1)C(=O)O)OCc1ccccc1. The maximum atomic E-state index is 11.8. The first-order valence-corrected chi connectivity index (χ1v) is 7.43. The lowest BCUT2D eigenvalue weighted by Crippen LogP contribution is -2.42. The topological polar surface area (TPSA) is 84.9 Å². The zero-order valence-corrected chi connectivity index (χ0v) is 12.4. The molecule has 0 aromatic heterocycles. The van der Waals surface area contributed by atoms with Gasteiger partial charge in [-0.2, -0.15) is 0 Å². The van der Waals surface area contributed by atoms with Crippen molar-refractivity contribution in [2.75, 3.05) is 13.2 Å². The third-order valence-electron chi connectivity index (χ3n) is 3.71. The summed E-state index contributed by atoms with van der Waals surface area (Å²) >= 11 is 0. The molecule has 0 bridgehead atoms. The van der Waals surface area contributed by atoms with Crippen LogP contribution in [0.5, 0.6) is 0 Å². The lowest BCUT2D eigenvalue weighted by Gasteiger charge is -2.25. The fraction of sp³-hybridized carbons (Fsp3) is 0.500. The normalized spacial score (nSPS) is 16.7. The minimum atomic E-state index is -1.04. The van der Waals surface area contributed by atoms with Crippen LogP contribution >= 0.6 is 0 Å². The lowest BCUT2D eigenvalue weighted by atomic mass is 9.92. The number of alkyl carbamates (subject to hydrolysis) is 1. The molecule has 1 aliphatic heterocycles. The first-order valence-electron chi connectivity index (χ1n) is 7.43. The number of rotatable bonds is 6. The van der Waals surface area contributed by atoms with E-state index >= 15 is 0 Å². The van der Waals surface area contributed by atoms with Crippen molar-refractivity contribution in [1.82, 2.24) is 5.32 Å². The molecule has 2 N–H and O–H groups in total. The van der Waals surface area contributed by atoms with Crippen LogP contribution in [0.25, 0.3) is 0 Å². The molecule has 0 radical (unpaired) electrons. The molecule has 0 aliphatic carbocycles. The Morgan fingerprint density at radius 1 is 1.27 bits per heavy atom. The standard InChI is InChI=1S/C16H21NO5/c18-15(19)14(10-12-6-8-21-9-7-12)17-16(20)22-11-13-4-2-1-3-5-13/h1-5,12,14H,6-11H2,(H,17,20)(H,18,19)/t14-/m0/s1. The number of carbonyl (C=O) groups is 2. The molecule has 6 heteroatoms. The van der Waals surface area contributed by atoms with Gasteiger partial charge in [0.1, 0.15) is 12.6 Å². The molecule has 1 aromatic carbocycles. The van der Waals surface area contributed by atoms with Crippen molar-refractivity contribution in [2.24, 2.45) is 5.92 Å². The molecule has 120 valence electrons. The molecule has 1 saturated heterocycles. The number of aliphatic carboxylic acids is 1. The van der Waals surface area contributed by atoms with E-state index in [0.717, 1.165) is 18.4 Å². The number of ether oxygens (including phenoxy) is 2. The molecule has 6 nitrogen and oxygen atoms in total. The van der Waals surface area contributed by atoms with Crippen LogP contribution in [0.4, 0.5) is 4.79 Å². The maximum absolute atomic E-state index is 11.8. The summed E-state index contributed by atoms with van der Waals surface area (Å²) < 4.78 is 10.3. The van der Waals surface area contributed by atoms with Gasteiger partial charge in [0, 0.05) is 13.2 Å². The number of amides is 1. The predicted molar refractivity (Wildman–Crippen MR) is 79.3 cm³/mol. The van der Waals surface area contributed by atoms with Crippen molar-refractivity contribution in [3.8, 4) is 0 Å². The Hall–Kier alpha value is -2.08. The summed E-state index contributed by atoms with van der Waals surface area (Å²) in [5.41, 5.74) is 0.856. The number of benzene rings is 1. The van der Waals surface area contributed by atoms with Gasteiger partial charge < -0.3 is 19.9 Å². The molecule has 1 aliphatic rings. The highest BCUT2D eigenvalue weighted by atomic mass is 16.5. The monoisotopic (exact) mass is 307 g/mol. The van der Waals surface area contributed by atoms with Gasteiger partial charge in [-0.05, 0) is 30.7 Å². The molecule has 1 fully saturated rings. The van der Waals surface area contributed by atoms with E-state index in [9.17, 15) is 14.7 Å². The highest BCUT2D eigenvalue weighted by molar-refractivity contribution is 5.79. The second-order valence-corrected chi connectivity index (χ2v) is 5.39. The van der Waals surface area contributed by atoms with Crippen LogP contribution < -0.4 is 5.32 Å². The number of carboxylic acid groups (broad SMARTS) is 1. The van der Waals surface area contributed by atoms with E-state index in [1.165, 1.54) is 0 Å². The summed E-state index contributed by atoms with van der Waals surface area (Å²) in [6.07, 6.45) is 1.34. The third-order valence-corrected chi connectivity index (χ3v) is 3.71. The number of hydrogen-bond donors (Lipinski definition) is 2. The molecule has 0 unspecified atom stereocenters. The van der Waals surface area contributed by atoms with Gasteiger partial charge in [0.05, 0.1) is 0 Å². The van der Waals surface area contributed by atoms with Crippen molar-refractivity contribution >= 4 is 12.1 Å². The van der Waals surface area contributed by atoms with Crippen molar-refractivity contribution in [1.29, 1.82) is 0 Å². The van der Waals surface area contributed by atoms with Crippen molar-refractivity contribution in [3.63, 3.8) is 0 Å². The van der Waals surface area contributed by atoms with Crippen molar-refractivity contribution in [2.45, 2.75) is 31.9 Å². The Morgan fingerprint density at radius 2 is 1.95 bits per heavy atom. The van der Waals surface area contributed by atoms with Crippen LogP contribution in [0.3, 0.4) is 0 Å². The third kappa shape index (κ3) is 5.37. The minimum Gasteiger partial charge on any atom is -0.480 e. The van der Waals surface area contributed by atoms with E-state index in [1.54, 1.807) is 0 Å². The van der Waals surface area contributed by atoms with Gasteiger partial charge in [-0.3, -0.25) is 0 Å². The van der Waals surface area contributed by atoms with Crippen molar-refractivity contribution in [3.05, 3.63) is 35.9 Å². The Balaban J connectivity index is 1.79. The highest BCUT2D eigenvalue weighted by Gasteiger charge is 2.26. The molecule has 2 rings (SSSR count). The summed E-state index contributed by atoms with van der Waals surface area (Å²) in [5.74, 6) is -0.785. The molecule has 0 spiro atoms. The van der Waals surface area contributed by atoms with E-state index in [1.807, 2.05) is 30.3 Å². The van der Waals surface area contributed by atoms with Crippen LogP contribution in [0.1, 0.15) is 24.8 Å². The molecule has 1 atom stereocenters. The van der Waals surface area contributed by atoms with Gasteiger partial charge in [-0.15, -0.1) is 0 Å². The fourth-order valence-corrected chi connectivity index (χ4v) is 2.44. The van der Waals surface area contributed by atoms with Crippen LogP contribution in [-0.4, -0.2) is 36.4 Å². The molecule has 0 saturated carbocycles. The van der Waals surface area contributed by atoms with Crippen LogP contribution in [-0.2, 0) is 20.9 Å². The molecule has 1 heterocycles. The number of carbonyl (C=O) groups excluding carboxylic acids is 1. The molecule has 1 aromatic rings. The lowest BCUT2D eigenvalue weighted by molar-refractivity contribution is -0.140. The van der Waals surface area contributed by atoms with Crippen LogP contribution in [0.2, 0.25) is 0 Å². The fourth-order valence-electron chi connectivity index (χ4n) is 2.44. The van der Waals surface area contributed by atoms with Gasteiger partial charge in [0.2, 0.25) is 0 Å². The number of nitrogens with one attached hydrogen (secondary N) is 1. The Labute approximate surface area is 129 Å². The largest absolute Gasteiger partial charge is 0.480 e. The zero-order chi connectivity index (χ0) is 15.8. The number of carboxylic acids is 1. The Kier molecular flexibility index (Phi) is 6.21. The van der Waals surface area contributed by atoms with E-state index in [2.05, 4.69) is 5.32 Å². The predicted octanol–water partition coefficient (Wildman–Crippen LogP) is 2.18. The van der Waals surface area contributed by atoms with Gasteiger partial charge in [-0.25, -0.2) is 9.59 Å². The summed E-state index contributed by atoms with van der Waals surface area (Å²) in [6, 6.07) is 8.32. The van der Waals surface area contributed by atoms with Gasteiger partial charge in [0.25, 0.3) is 0 Å². The molecular formula is C16H21NO5. The summed E-state index contributed by atoms with van der Waals surface area (Å²) in [6.45, 7) is 1.42. The zero-order valence-electron chi connectivity index (χ0n) is 12.4. The average molecular weight is 307 g/mol. The van der Waals surface area contributed by atoms with Crippen LogP contribution in [0.15, 0.2) is 30.3 Å². The summed E-state index contributed by atoms with van der Waals surface area (Å²) in [4.78, 5) is 23.0. The number of hydrogen-bond acceptors (Lipinski definition) is 4. The second-order valence-electron chi connectivity index (χ2n) is 5.39. The second kappa shape index (κ2) is 8.38. The smallest absolute Gasteiger partial charge is 0.408 e. The maximum Gasteiger partial charge on any atom is 0.408 e. The van der Waals surface area contributed by atoms with E-state index in [4.69, 9.17) is 9.47 Å². The van der Waals surface area contributed by atoms with Gasteiger partial charge in [-0.1, -0.05) is 30.3 Å². The molecule has 22 heavy (non-hydrogen) atoms. The van der Waals surface area contributed by atoms with Crippen LogP contribution in [0, 0.1) is 5.92 Å². The quantitative estimate of drug-likeness (QED) is 0.841. The molecular weight excluding hydrogens is 286 g/mol. The highest BCUT2D eigenvalue weighted by Crippen LogP contribution is 2.20. The first kappa shape index (κ1) is 16.3. The summed E-state index contributed by atoms with van der Waals surface area (Å²) in [5, 5.41) is 11.7. The Bertz CT molecular complexity index is 485. The molecule has 1 amide bonds. The van der Waals surface area contributed by atoms with E-state index in [0.29, 0.717) is 19.6 Å². The van der Waals surface area contributed by atoms with E-state index < -0.39 is 18.1 Å². The van der Waals surface area contributed by atoms with Gasteiger partial charge >= 0.3 is 12.1 Å². The minimum absolute atomic E-state index is 0.121. The van der Waals surface area contributed by atoms with E-state index in [-0.39, 0.29) is 12.5 Å². The summed E-state index contributed by atoms with van der Waals surface area (Å²) in [7, 11) is 0. The van der Waals surface area contributed by atoms with Gasteiger partial charge in [0.15, 0.2) is 0 Å². The van der Waals surface area contributed by atoms with Crippen molar-refractivity contribution < 1.29 is 24.2 Å².